The van der Waals surface area contributed by atoms with Gasteiger partial charge in [0.15, 0.2) is 0 Å². The Bertz CT molecular complexity index is 591. The molecule has 1 saturated heterocycles. The van der Waals surface area contributed by atoms with Crippen LogP contribution in [-0.2, 0) is 14.8 Å². The van der Waals surface area contributed by atoms with Crippen molar-refractivity contribution in [1.82, 2.24) is 4.31 Å². The molecule has 0 aromatic heterocycles. The summed E-state index contributed by atoms with van der Waals surface area (Å²) in [5.74, 6) is -1.06. The molecule has 0 unspecified atom stereocenters. The minimum atomic E-state index is -3.64. The molecule has 1 aliphatic heterocycles. The largest absolute Gasteiger partial charge is 0.481 e. The fourth-order valence-corrected chi connectivity index (χ4v) is 4.24. The number of carboxylic acid groups (broad SMARTS) is 1. The summed E-state index contributed by atoms with van der Waals surface area (Å²) in [5.41, 5.74) is 0. The van der Waals surface area contributed by atoms with Gasteiger partial charge in [0.2, 0.25) is 10.0 Å². The SMILES string of the molecule is O=C(O)CC1CN(S(=O)(=O)c2cc(Cl)cc(Cl)c2)C1. The minimum absolute atomic E-state index is 0.0255. The molecular formula is C11H11Cl2NO4S. The second-order valence-electron chi connectivity index (χ2n) is 4.39. The predicted octanol–water partition coefficient (Wildman–Crippen LogP) is 2.09. The Hall–Kier alpha value is -0.820. The van der Waals surface area contributed by atoms with E-state index in [1.165, 1.54) is 22.5 Å². The van der Waals surface area contributed by atoms with Crippen LogP contribution in [0, 0.1) is 5.92 Å². The van der Waals surface area contributed by atoms with Gasteiger partial charge in [-0.1, -0.05) is 23.2 Å². The smallest absolute Gasteiger partial charge is 0.303 e. The van der Waals surface area contributed by atoms with Gasteiger partial charge in [-0.2, -0.15) is 4.31 Å². The molecule has 19 heavy (non-hydrogen) atoms. The van der Waals surface area contributed by atoms with E-state index in [0.717, 1.165) is 0 Å². The number of nitrogens with zero attached hydrogens (tertiary/aromatic N) is 1. The number of hydrogen-bond donors (Lipinski definition) is 1. The van der Waals surface area contributed by atoms with Crippen molar-refractivity contribution in [3.63, 3.8) is 0 Å². The van der Waals surface area contributed by atoms with Gasteiger partial charge in [-0.05, 0) is 24.1 Å². The zero-order valence-corrected chi connectivity index (χ0v) is 12.0. The number of rotatable bonds is 4. The zero-order valence-electron chi connectivity index (χ0n) is 9.71. The van der Waals surface area contributed by atoms with E-state index in [1.807, 2.05) is 0 Å². The monoisotopic (exact) mass is 323 g/mol. The molecule has 8 heteroatoms. The third-order valence-corrected chi connectivity index (χ3v) is 5.11. The van der Waals surface area contributed by atoms with Crippen molar-refractivity contribution in [2.24, 2.45) is 5.92 Å². The lowest BCUT2D eigenvalue weighted by Gasteiger charge is -2.37. The Balaban J connectivity index is 2.14. The van der Waals surface area contributed by atoms with Crippen LogP contribution < -0.4 is 0 Å². The average molecular weight is 324 g/mol. The molecule has 1 aliphatic rings. The van der Waals surface area contributed by atoms with E-state index in [2.05, 4.69) is 0 Å². The molecule has 1 aromatic carbocycles. The number of carbonyl (C=O) groups is 1. The summed E-state index contributed by atoms with van der Waals surface area (Å²) in [4.78, 5) is 10.5. The van der Waals surface area contributed by atoms with Crippen LogP contribution in [0.15, 0.2) is 23.1 Å². The molecule has 1 aromatic rings. The highest BCUT2D eigenvalue weighted by Crippen LogP contribution is 2.30. The predicted molar refractivity (Wildman–Crippen MR) is 71.0 cm³/mol. The number of aliphatic carboxylic acids is 1. The number of hydrogen-bond acceptors (Lipinski definition) is 3. The first-order valence-electron chi connectivity index (χ1n) is 5.47. The second kappa shape index (κ2) is 5.28. The summed E-state index contributed by atoms with van der Waals surface area (Å²) in [6.07, 6.45) is -0.0255. The third kappa shape index (κ3) is 3.20. The van der Waals surface area contributed by atoms with E-state index in [0.29, 0.717) is 0 Å². The van der Waals surface area contributed by atoms with Crippen molar-refractivity contribution < 1.29 is 18.3 Å². The van der Waals surface area contributed by atoms with Crippen LogP contribution >= 0.6 is 23.2 Å². The van der Waals surface area contributed by atoms with Gasteiger partial charge in [0.05, 0.1) is 11.3 Å². The molecule has 1 fully saturated rings. The maximum Gasteiger partial charge on any atom is 0.303 e. The van der Waals surface area contributed by atoms with Crippen molar-refractivity contribution >= 4 is 39.2 Å². The molecule has 5 nitrogen and oxygen atoms in total. The van der Waals surface area contributed by atoms with Crippen LogP contribution in [0.5, 0.6) is 0 Å². The van der Waals surface area contributed by atoms with Gasteiger partial charge in [0.25, 0.3) is 0 Å². The summed E-state index contributed by atoms with van der Waals surface area (Å²) in [5, 5.41) is 9.11. The zero-order chi connectivity index (χ0) is 14.2. The molecule has 0 aliphatic carbocycles. The van der Waals surface area contributed by atoms with Gasteiger partial charge in [-0.3, -0.25) is 4.79 Å². The molecule has 0 spiro atoms. The van der Waals surface area contributed by atoms with Crippen LogP contribution in [0.2, 0.25) is 10.0 Å². The average Bonchev–Trinajstić information content (AvgIpc) is 2.20. The Kier molecular flexibility index (Phi) is 4.06. The molecule has 0 bridgehead atoms. The number of halogens is 2. The lowest BCUT2D eigenvalue weighted by Crippen LogP contribution is -2.50. The molecule has 0 amide bonds. The van der Waals surface area contributed by atoms with Crippen molar-refractivity contribution in [3.8, 4) is 0 Å². The fourth-order valence-electron chi connectivity index (χ4n) is 1.92. The van der Waals surface area contributed by atoms with Gasteiger partial charge < -0.3 is 5.11 Å². The molecule has 0 saturated carbocycles. The molecule has 1 heterocycles. The first kappa shape index (κ1) is 14.6. The van der Waals surface area contributed by atoms with Gasteiger partial charge in [-0.15, -0.1) is 0 Å². The summed E-state index contributed by atoms with van der Waals surface area (Å²) >= 11 is 11.5. The lowest BCUT2D eigenvalue weighted by atomic mass is 10.00. The Labute approximate surface area is 120 Å². The van der Waals surface area contributed by atoms with Crippen molar-refractivity contribution in [3.05, 3.63) is 28.2 Å². The van der Waals surface area contributed by atoms with Gasteiger partial charge >= 0.3 is 5.97 Å². The number of carboxylic acids is 1. The maximum atomic E-state index is 12.2. The topological polar surface area (TPSA) is 74.7 Å². The number of benzene rings is 1. The minimum Gasteiger partial charge on any atom is -0.481 e. The van der Waals surface area contributed by atoms with Gasteiger partial charge in [0.1, 0.15) is 0 Å². The van der Waals surface area contributed by atoms with Crippen LogP contribution in [-0.4, -0.2) is 36.9 Å². The van der Waals surface area contributed by atoms with E-state index in [4.69, 9.17) is 28.3 Å². The highest BCUT2D eigenvalue weighted by atomic mass is 35.5. The van der Waals surface area contributed by atoms with E-state index < -0.39 is 16.0 Å². The van der Waals surface area contributed by atoms with Crippen molar-refractivity contribution in [2.45, 2.75) is 11.3 Å². The molecule has 2 rings (SSSR count). The maximum absolute atomic E-state index is 12.2. The van der Waals surface area contributed by atoms with Crippen LogP contribution in [0.3, 0.4) is 0 Å². The summed E-state index contributed by atoms with van der Waals surface area (Å²) in [6.45, 7) is 0.414. The van der Waals surface area contributed by atoms with Crippen LogP contribution in [0.4, 0.5) is 0 Å². The van der Waals surface area contributed by atoms with Crippen molar-refractivity contribution in [2.75, 3.05) is 13.1 Å². The van der Waals surface area contributed by atoms with Crippen LogP contribution in [0.25, 0.3) is 0 Å². The molecular weight excluding hydrogens is 313 g/mol. The Morgan fingerprint density at radius 3 is 2.26 bits per heavy atom. The molecule has 1 N–H and O–H groups in total. The lowest BCUT2D eigenvalue weighted by molar-refractivity contribution is -0.139. The fraction of sp³-hybridized carbons (Fsp3) is 0.364. The number of sulfonamides is 1. The summed E-state index contributed by atoms with van der Waals surface area (Å²) in [7, 11) is -3.64. The van der Waals surface area contributed by atoms with Gasteiger partial charge in [0, 0.05) is 23.1 Å². The second-order valence-corrected chi connectivity index (χ2v) is 7.20. The first-order chi connectivity index (χ1) is 8.79. The van der Waals surface area contributed by atoms with Crippen molar-refractivity contribution in [1.29, 1.82) is 0 Å². The first-order valence-corrected chi connectivity index (χ1v) is 7.66. The van der Waals surface area contributed by atoms with E-state index in [-0.39, 0.29) is 40.4 Å². The quantitative estimate of drug-likeness (QED) is 0.920. The molecule has 0 atom stereocenters. The highest BCUT2D eigenvalue weighted by Gasteiger charge is 2.37. The normalized spacial score (nSPS) is 17.2. The Morgan fingerprint density at radius 2 is 1.79 bits per heavy atom. The summed E-state index contributed by atoms with van der Waals surface area (Å²) < 4.78 is 25.6. The molecule has 104 valence electrons. The van der Waals surface area contributed by atoms with E-state index in [9.17, 15) is 13.2 Å². The highest BCUT2D eigenvalue weighted by molar-refractivity contribution is 7.89. The Morgan fingerprint density at radius 1 is 1.26 bits per heavy atom. The summed E-state index contributed by atoms with van der Waals surface area (Å²) in [6, 6.07) is 4.10. The van der Waals surface area contributed by atoms with Crippen LogP contribution in [0.1, 0.15) is 6.42 Å². The van der Waals surface area contributed by atoms with E-state index in [1.54, 1.807) is 0 Å². The standard InChI is InChI=1S/C11H11Cl2NO4S/c12-8-2-9(13)4-10(3-8)19(17,18)14-5-7(6-14)1-11(15)16/h2-4,7H,1,5-6H2,(H,15,16). The van der Waals surface area contributed by atoms with Gasteiger partial charge in [-0.25, -0.2) is 8.42 Å². The van der Waals surface area contributed by atoms with E-state index >= 15 is 0 Å². The third-order valence-electron chi connectivity index (χ3n) is 2.86. The molecule has 0 radical (unpaired) electrons.